The summed E-state index contributed by atoms with van der Waals surface area (Å²) in [6.07, 6.45) is 8.19. The molecule has 2 nitrogen and oxygen atoms in total. The molecule has 0 bridgehead atoms. The first-order chi connectivity index (χ1) is 26.1. The fourth-order valence-corrected chi connectivity index (χ4v) is 6.65. The zero-order valence-corrected chi connectivity index (χ0v) is 29.2. The highest BCUT2D eigenvalue weighted by atomic mass is 19.2. The maximum atomic E-state index is 15.0. The van der Waals surface area contributed by atoms with Gasteiger partial charge in [-0.05, 0) is 119 Å². The molecule has 0 aliphatic carbocycles. The quantitative estimate of drug-likeness (QED) is 0.0878. The van der Waals surface area contributed by atoms with Crippen molar-refractivity contribution in [3.05, 3.63) is 166 Å². The zero-order valence-electron chi connectivity index (χ0n) is 29.2. The van der Waals surface area contributed by atoms with Gasteiger partial charge in [0.1, 0.15) is 47.0 Å². The number of hydrogen-bond acceptors (Lipinski definition) is 2. The van der Waals surface area contributed by atoms with Crippen LogP contribution in [0.25, 0.3) is 44.5 Å². The van der Waals surface area contributed by atoms with Gasteiger partial charge in [0, 0.05) is 0 Å². The molecule has 8 heteroatoms. The van der Waals surface area contributed by atoms with Crippen LogP contribution in [-0.4, -0.2) is 0 Å². The van der Waals surface area contributed by atoms with Crippen molar-refractivity contribution in [3.63, 3.8) is 0 Å². The second-order valence-electron chi connectivity index (χ2n) is 13.3. The number of hydrogen-bond donors (Lipinski definition) is 0. The van der Waals surface area contributed by atoms with Gasteiger partial charge in [0.05, 0.1) is 22.3 Å². The van der Waals surface area contributed by atoms with Crippen LogP contribution in [-0.2, 0) is 12.8 Å². The molecule has 270 valence electrons. The Morgan fingerprint density at radius 2 is 0.630 bits per heavy atom. The fourth-order valence-electron chi connectivity index (χ4n) is 6.65. The molecular weight excluding hydrogens is 695 g/mol. The third kappa shape index (κ3) is 8.73. The largest absolute Gasteiger partial charge is 0.206 e. The van der Waals surface area contributed by atoms with Gasteiger partial charge < -0.3 is 0 Å². The Labute approximate surface area is 310 Å². The third-order valence-electron chi connectivity index (χ3n) is 9.60. The second kappa shape index (κ2) is 17.1. The summed E-state index contributed by atoms with van der Waals surface area (Å²) in [6, 6.07) is 30.5. The summed E-state index contributed by atoms with van der Waals surface area (Å²) in [7, 11) is 0. The molecule has 0 atom stereocenters. The summed E-state index contributed by atoms with van der Waals surface area (Å²) in [5.74, 6) is -4.92. The maximum absolute atomic E-state index is 15.0. The minimum absolute atomic E-state index is 0.0247. The molecule has 0 spiro atoms. The van der Waals surface area contributed by atoms with Crippen molar-refractivity contribution >= 4 is 0 Å². The fraction of sp³-hybridized carbons (Fsp3) is 0.174. The third-order valence-corrected chi connectivity index (χ3v) is 9.60. The van der Waals surface area contributed by atoms with Crippen LogP contribution < -0.4 is 0 Å². The summed E-state index contributed by atoms with van der Waals surface area (Å²) in [5, 5.41) is 17.8. The monoisotopic (exact) mass is 728 g/mol. The molecule has 0 aromatic heterocycles. The van der Waals surface area contributed by atoms with Crippen molar-refractivity contribution in [2.45, 2.75) is 51.4 Å². The van der Waals surface area contributed by atoms with Crippen molar-refractivity contribution in [1.82, 2.24) is 0 Å². The van der Waals surface area contributed by atoms with Crippen LogP contribution in [0, 0.1) is 57.6 Å². The Hall–Kier alpha value is -6.12. The summed E-state index contributed by atoms with van der Waals surface area (Å²) in [4.78, 5) is 0. The summed E-state index contributed by atoms with van der Waals surface area (Å²) < 4.78 is 88.1. The predicted octanol–water partition coefficient (Wildman–Crippen LogP) is 13.1. The van der Waals surface area contributed by atoms with Crippen molar-refractivity contribution < 1.29 is 26.3 Å². The Balaban J connectivity index is 0.921. The van der Waals surface area contributed by atoms with E-state index in [4.69, 9.17) is 10.5 Å². The van der Waals surface area contributed by atoms with Gasteiger partial charge in [0.15, 0.2) is 0 Å². The van der Waals surface area contributed by atoms with Gasteiger partial charge >= 0.3 is 0 Å². The number of benzene rings is 6. The minimum atomic E-state index is -0.835. The molecule has 0 heterocycles. The van der Waals surface area contributed by atoms with E-state index in [0.29, 0.717) is 22.3 Å². The summed E-state index contributed by atoms with van der Waals surface area (Å²) in [5.41, 5.74) is 3.34. The number of halogens is 6. The van der Waals surface area contributed by atoms with E-state index in [0.717, 1.165) is 74.6 Å². The first-order valence-electron chi connectivity index (χ1n) is 17.7. The van der Waals surface area contributed by atoms with E-state index in [1.54, 1.807) is 12.1 Å². The smallest absolute Gasteiger partial charge is 0.141 e. The Kier molecular flexibility index (Phi) is 11.9. The Bertz CT molecular complexity index is 2160. The van der Waals surface area contributed by atoms with Crippen LogP contribution in [0.1, 0.15) is 60.8 Å². The van der Waals surface area contributed by atoms with E-state index in [1.807, 2.05) is 48.5 Å². The normalized spacial score (nSPS) is 11.0. The van der Waals surface area contributed by atoms with Crippen LogP contribution in [0.5, 0.6) is 0 Å². The topological polar surface area (TPSA) is 47.6 Å². The van der Waals surface area contributed by atoms with Crippen LogP contribution >= 0.6 is 0 Å². The molecule has 0 radical (unpaired) electrons. The second-order valence-corrected chi connectivity index (χ2v) is 13.3. The molecule has 0 unspecified atom stereocenters. The van der Waals surface area contributed by atoms with Crippen molar-refractivity contribution in [3.8, 4) is 56.6 Å². The summed E-state index contributed by atoms with van der Waals surface area (Å²) >= 11 is 0. The lowest BCUT2D eigenvalue weighted by Gasteiger charge is -2.10. The van der Waals surface area contributed by atoms with Crippen molar-refractivity contribution in [2.75, 3.05) is 0 Å². The molecule has 6 rings (SSSR count). The first-order valence-corrected chi connectivity index (χ1v) is 17.7. The van der Waals surface area contributed by atoms with Gasteiger partial charge in [-0.25, -0.2) is 26.3 Å². The lowest BCUT2D eigenvalue weighted by atomic mass is 9.96. The molecule has 6 aromatic rings. The first kappa shape index (κ1) is 37.6. The lowest BCUT2D eigenvalue weighted by Crippen LogP contribution is -1.94. The van der Waals surface area contributed by atoms with Gasteiger partial charge in [-0.3, -0.25) is 0 Å². The summed E-state index contributed by atoms with van der Waals surface area (Å²) in [6.45, 7) is 0. The predicted molar refractivity (Wildman–Crippen MR) is 199 cm³/mol. The number of nitrogens with zero attached hydrogens (tertiary/aromatic N) is 2. The minimum Gasteiger partial charge on any atom is -0.206 e. The number of nitriles is 2. The van der Waals surface area contributed by atoms with Crippen LogP contribution in [0.3, 0.4) is 0 Å². The molecule has 0 N–H and O–H groups in total. The molecule has 0 aliphatic rings. The standard InChI is InChI=1S/C46H34F6N2/c47-39-21-33(17-19-35(39)27-53)45-41(49)23-37(24-42(45)50)31-13-9-29(10-14-31)7-5-3-1-2-4-6-8-30-11-15-32(16-12-30)38-25-43(51)46(44(52)26-38)34-18-20-36(28-54)40(48)22-34/h9-26H,1-8H2. The molecule has 0 saturated carbocycles. The van der Waals surface area contributed by atoms with Gasteiger partial charge in [-0.2, -0.15) is 10.5 Å². The van der Waals surface area contributed by atoms with Crippen molar-refractivity contribution in [1.29, 1.82) is 10.5 Å². The highest BCUT2D eigenvalue weighted by Gasteiger charge is 2.18. The average molecular weight is 729 g/mol. The van der Waals surface area contributed by atoms with E-state index in [9.17, 15) is 26.3 Å². The van der Waals surface area contributed by atoms with E-state index < -0.39 is 34.9 Å². The van der Waals surface area contributed by atoms with Crippen molar-refractivity contribution in [2.24, 2.45) is 0 Å². The van der Waals surface area contributed by atoms with Gasteiger partial charge in [-0.15, -0.1) is 0 Å². The van der Waals surface area contributed by atoms with Crippen LogP contribution in [0.2, 0.25) is 0 Å². The van der Waals surface area contributed by atoms with Crippen LogP contribution in [0.4, 0.5) is 26.3 Å². The SMILES string of the molecule is N#Cc1ccc(-c2c(F)cc(-c3ccc(CCCCCCCCc4ccc(-c5cc(F)c(-c6ccc(C#N)c(F)c6)c(F)c5)cc4)cc3)cc2F)cc1F. The molecule has 6 aromatic carbocycles. The zero-order chi connectivity index (χ0) is 38.2. The maximum Gasteiger partial charge on any atom is 0.141 e. The molecule has 0 fully saturated rings. The highest BCUT2D eigenvalue weighted by Crippen LogP contribution is 2.34. The number of unbranched alkanes of at least 4 members (excludes halogenated alkanes) is 5. The molecule has 0 saturated heterocycles. The highest BCUT2D eigenvalue weighted by molar-refractivity contribution is 5.73. The van der Waals surface area contributed by atoms with Gasteiger partial charge in [-0.1, -0.05) is 86.3 Å². The molecular formula is C46H34F6N2. The van der Waals surface area contributed by atoms with E-state index in [-0.39, 0.29) is 33.4 Å². The van der Waals surface area contributed by atoms with Gasteiger partial charge in [0.2, 0.25) is 0 Å². The molecule has 54 heavy (non-hydrogen) atoms. The average Bonchev–Trinajstić information content (AvgIpc) is 3.16. The number of aryl methyl sites for hydroxylation is 2. The Morgan fingerprint density at radius 1 is 0.333 bits per heavy atom. The molecule has 0 amide bonds. The van der Waals surface area contributed by atoms with E-state index >= 15 is 0 Å². The van der Waals surface area contributed by atoms with E-state index in [2.05, 4.69) is 0 Å². The van der Waals surface area contributed by atoms with Crippen LogP contribution in [0.15, 0.2) is 109 Å². The Morgan fingerprint density at radius 3 is 0.944 bits per heavy atom. The number of rotatable bonds is 13. The molecule has 0 aliphatic heterocycles. The van der Waals surface area contributed by atoms with E-state index in [1.165, 1.54) is 48.5 Å². The van der Waals surface area contributed by atoms with Gasteiger partial charge in [0.25, 0.3) is 0 Å². The lowest BCUT2D eigenvalue weighted by molar-refractivity contribution is 0.588.